The molecule has 0 spiro atoms. The maximum absolute atomic E-state index is 11.4. The Hall–Kier alpha value is -1.20. The Morgan fingerprint density at radius 3 is 2.87 bits per heavy atom. The quantitative estimate of drug-likeness (QED) is 0.794. The third-order valence-electron chi connectivity index (χ3n) is 1.83. The summed E-state index contributed by atoms with van der Waals surface area (Å²) in [4.78, 5) is 11.4. The molecular formula is C9H12ClN3O2. The van der Waals surface area contributed by atoms with Crippen molar-refractivity contribution >= 4 is 17.5 Å². The smallest absolute Gasteiger partial charge is 0.271 e. The number of hydrogen-bond acceptors (Lipinski definition) is 4. The number of aliphatic hydroxyl groups is 1. The predicted octanol–water partition coefficient (Wildman–Crippen LogP) is 0.631. The number of halogens is 1. The summed E-state index contributed by atoms with van der Waals surface area (Å²) in [6.45, 7) is 2.04. The van der Waals surface area contributed by atoms with Crippen molar-refractivity contribution in [2.75, 3.05) is 6.54 Å². The molecule has 0 aromatic carbocycles. The van der Waals surface area contributed by atoms with Crippen LogP contribution in [0.15, 0.2) is 12.1 Å². The SMILES string of the molecule is CCC(O)CNC(=O)c1ccc(Cl)nn1. The first-order valence-electron chi connectivity index (χ1n) is 4.59. The van der Waals surface area contributed by atoms with Gasteiger partial charge >= 0.3 is 0 Å². The number of amides is 1. The Labute approximate surface area is 92.5 Å². The van der Waals surface area contributed by atoms with Crippen LogP contribution < -0.4 is 5.32 Å². The van der Waals surface area contributed by atoms with Crippen LogP contribution in [0.2, 0.25) is 5.15 Å². The molecule has 1 rings (SSSR count). The molecule has 2 N–H and O–H groups in total. The molecule has 0 aliphatic rings. The number of nitrogens with zero attached hydrogens (tertiary/aromatic N) is 2. The minimum Gasteiger partial charge on any atom is -0.391 e. The normalized spacial score (nSPS) is 12.2. The molecule has 0 saturated heterocycles. The third-order valence-corrected chi connectivity index (χ3v) is 2.04. The Kier molecular flexibility index (Phi) is 4.45. The zero-order valence-corrected chi connectivity index (χ0v) is 9.03. The molecule has 1 unspecified atom stereocenters. The van der Waals surface area contributed by atoms with E-state index in [-0.39, 0.29) is 23.3 Å². The lowest BCUT2D eigenvalue weighted by atomic mass is 10.3. The number of rotatable bonds is 4. The van der Waals surface area contributed by atoms with Gasteiger partial charge in [0.2, 0.25) is 0 Å². The van der Waals surface area contributed by atoms with Gasteiger partial charge < -0.3 is 10.4 Å². The highest BCUT2D eigenvalue weighted by molar-refractivity contribution is 6.29. The molecule has 0 bridgehead atoms. The molecule has 0 saturated carbocycles. The maximum atomic E-state index is 11.4. The Morgan fingerprint density at radius 2 is 2.33 bits per heavy atom. The monoisotopic (exact) mass is 229 g/mol. The maximum Gasteiger partial charge on any atom is 0.271 e. The van der Waals surface area contributed by atoms with Crippen molar-refractivity contribution in [3.05, 3.63) is 23.0 Å². The van der Waals surface area contributed by atoms with E-state index in [2.05, 4.69) is 15.5 Å². The van der Waals surface area contributed by atoms with Gasteiger partial charge in [0.25, 0.3) is 5.91 Å². The van der Waals surface area contributed by atoms with Gasteiger partial charge in [0, 0.05) is 6.54 Å². The second kappa shape index (κ2) is 5.63. The van der Waals surface area contributed by atoms with Gasteiger partial charge in [0.15, 0.2) is 10.8 Å². The zero-order chi connectivity index (χ0) is 11.3. The Morgan fingerprint density at radius 1 is 1.60 bits per heavy atom. The van der Waals surface area contributed by atoms with Crippen LogP contribution in [0.5, 0.6) is 0 Å². The van der Waals surface area contributed by atoms with Crippen LogP contribution in [0.4, 0.5) is 0 Å². The molecule has 0 aliphatic carbocycles. The molecule has 1 aromatic rings. The fourth-order valence-electron chi connectivity index (χ4n) is 0.883. The van der Waals surface area contributed by atoms with Crippen LogP contribution in [-0.4, -0.2) is 33.9 Å². The lowest BCUT2D eigenvalue weighted by Gasteiger charge is -2.08. The average molecular weight is 230 g/mol. The van der Waals surface area contributed by atoms with Crippen LogP contribution in [0.25, 0.3) is 0 Å². The molecule has 5 nitrogen and oxygen atoms in total. The standard InChI is InChI=1S/C9H12ClN3O2/c1-2-6(14)5-11-9(15)7-3-4-8(10)13-12-7/h3-4,6,14H,2,5H2,1H3,(H,11,15). The summed E-state index contributed by atoms with van der Waals surface area (Å²) >= 11 is 5.52. The van der Waals surface area contributed by atoms with Gasteiger partial charge in [-0.2, -0.15) is 0 Å². The van der Waals surface area contributed by atoms with Crippen molar-refractivity contribution in [3.63, 3.8) is 0 Å². The van der Waals surface area contributed by atoms with Gasteiger partial charge in [-0.05, 0) is 18.6 Å². The van der Waals surface area contributed by atoms with E-state index >= 15 is 0 Å². The highest BCUT2D eigenvalue weighted by atomic mass is 35.5. The summed E-state index contributed by atoms with van der Waals surface area (Å²) in [5.74, 6) is -0.369. The van der Waals surface area contributed by atoms with E-state index in [9.17, 15) is 9.90 Å². The summed E-state index contributed by atoms with van der Waals surface area (Å²) in [5.41, 5.74) is 0.183. The summed E-state index contributed by atoms with van der Waals surface area (Å²) < 4.78 is 0. The molecule has 15 heavy (non-hydrogen) atoms. The van der Waals surface area contributed by atoms with Crippen LogP contribution in [0.3, 0.4) is 0 Å². The average Bonchev–Trinajstić information content (AvgIpc) is 2.26. The van der Waals surface area contributed by atoms with Gasteiger partial charge in [-0.1, -0.05) is 18.5 Å². The fourth-order valence-corrected chi connectivity index (χ4v) is 0.983. The number of hydrogen-bond donors (Lipinski definition) is 2. The van der Waals surface area contributed by atoms with Gasteiger partial charge in [0.1, 0.15) is 0 Å². The first-order chi connectivity index (χ1) is 7.13. The van der Waals surface area contributed by atoms with Crippen molar-refractivity contribution in [1.29, 1.82) is 0 Å². The first-order valence-corrected chi connectivity index (χ1v) is 4.96. The van der Waals surface area contributed by atoms with Crippen LogP contribution >= 0.6 is 11.6 Å². The molecule has 1 aromatic heterocycles. The van der Waals surface area contributed by atoms with Gasteiger partial charge in [-0.15, -0.1) is 10.2 Å². The fraction of sp³-hybridized carbons (Fsp3) is 0.444. The van der Waals surface area contributed by atoms with E-state index in [1.54, 1.807) is 0 Å². The molecule has 1 atom stereocenters. The van der Waals surface area contributed by atoms with E-state index in [0.29, 0.717) is 6.42 Å². The second-order valence-electron chi connectivity index (χ2n) is 3.01. The minimum atomic E-state index is -0.533. The molecule has 0 fully saturated rings. The molecule has 0 aliphatic heterocycles. The highest BCUT2D eigenvalue weighted by Crippen LogP contribution is 2.01. The second-order valence-corrected chi connectivity index (χ2v) is 3.40. The molecule has 1 heterocycles. The van der Waals surface area contributed by atoms with E-state index in [4.69, 9.17) is 11.6 Å². The summed E-state index contributed by atoms with van der Waals surface area (Å²) in [6.07, 6.45) is 0.0567. The van der Waals surface area contributed by atoms with Crippen molar-refractivity contribution in [2.45, 2.75) is 19.4 Å². The molecule has 0 radical (unpaired) electrons. The van der Waals surface area contributed by atoms with E-state index in [1.807, 2.05) is 6.92 Å². The molecular weight excluding hydrogens is 218 g/mol. The number of aliphatic hydroxyl groups excluding tert-OH is 1. The summed E-state index contributed by atoms with van der Waals surface area (Å²) in [6, 6.07) is 2.96. The van der Waals surface area contributed by atoms with E-state index in [1.165, 1.54) is 12.1 Å². The number of aromatic nitrogens is 2. The van der Waals surface area contributed by atoms with Crippen molar-refractivity contribution < 1.29 is 9.90 Å². The molecule has 6 heteroatoms. The summed E-state index contributed by atoms with van der Waals surface area (Å²) in [7, 11) is 0. The topological polar surface area (TPSA) is 75.1 Å². The van der Waals surface area contributed by atoms with Gasteiger partial charge in [0.05, 0.1) is 6.10 Å². The Bertz CT molecular complexity index is 329. The lowest BCUT2D eigenvalue weighted by Crippen LogP contribution is -2.32. The summed E-state index contributed by atoms with van der Waals surface area (Å²) in [5, 5.41) is 19.1. The number of nitrogens with one attached hydrogen (secondary N) is 1. The number of carbonyl (C=O) groups is 1. The van der Waals surface area contributed by atoms with E-state index in [0.717, 1.165) is 0 Å². The molecule has 1 amide bonds. The van der Waals surface area contributed by atoms with Crippen molar-refractivity contribution in [1.82, 2.24) is 15.5 Å². The van der Waals surface area contributed by atoms with Gasteiger partial charge in [-0.25, -0.2) is 0 Å². The lowest BCUT2D eigenvalue weighted by molar-refractivity contribution is 0.0908. The number of carbonyl (C=O) groups excluding carboxylic acids is 1. The van der Waals surface area contributed by atoms with Crippen molar-refractivity contribution in [2.24, 2.45) is 0 Å². The van der Waals surface area contributed by atoms with Crippen LogP contribution in [0.1, 0.15) is 23.8 Å². The third kappa shape index (κ3) is 3.81. The largest absolute Gasteiger partial charge is 0.391 e. The van der Waals surface area contributed by atoms with Crippen LogP contribution in [-0.2, 0) is 0 Å². The highest BCUT2D eigenvalue weighted by Gasteiger charge is 2.09. The molecule has 82 valence electrons. The minimum absolute atomic E-state index is 0.183. The van der Waals surface area contributed by atoms with Crippen molar-refractivity contribution in [3.8, 4) is 0 Å². The zero-order valence-electron chi connectivity index (χ0n) is 8.27. The predicted molar refractivity (Wildman–Crippen MR) is 55.7 cm³/mol. The Balaban J connectivity index is 2.50. The van der Waals surface area contributed by atoms with Crippen LogP contribution in [0, 0.1) is 0 Å². The van der Waals surface area contributed by atoms with E-state index < -0.39 is 6.10 Å². The van der Waals surface area contributed by atoms with Gasteiger partial charge in [-0.3, -0.25) is 4.79 Å². The first kappa shape index (κ1) is 11.9.